The van der Waals surface area contributed by atoms with Crippen LogP contribution in [0.5, 0.6) is 5.75 Å². The highest BCUT2D eigenvalue weighted by Gasteiger charge is 2.31. The number of hydrogen-bond acceptors (Lipinski definition) is 4. The number of benzene rings is 2. The van der Waals surface area contributed by atoms with Gasteiger partial charge in [-0.15, -0.1) is 11.8 Å². The van der Waals surface area contributed by atoms with Crippen molar-refractivity contribution >= 4 is 35.0 Å². The average molecular weight is 420 g/mol. The van der Waals surface area contributed by atoms with Crippen molar-refractivity contribution in [2.24, 2.45) is 0 Å². The number of methoxy groups -OCH3 is 1. The summed E-state index contributed by atoms with van der Waals surface area (Å²) in [6, 6.07) is 7.75. The van der Waals surface area contributed by atoms with Crippen LogP contribution in [0.15, 0.2) is 41.3 Å². The van der Waals surface area contributed by atoms with Crippen LogP contribution in [-0.4, -0.2) is 32.5 Å². The molecule has 146 valence electrons. The van der Waals surface area contributed by atoms with E-state index in [1.165, 1.54) is 18.9 Å². The van der Waals surface area contributed by atoms with E-state index in [0.29, 0.717) is 0 Å². The summed E-state index contributed by atoms with van der Waals surface area (Å²) in [4.78, 5) is 13.4. The fraction of sp³-hybridized carbons (Fsp3) is 0.278. The quantitative estimate of drug-likeness (QED) is 0.485. The van der Waals surface area contributed by atoms with E-state index in [2.05, 4.69) is 5.32 Å². The summed E-state index contributed by atoms with van der Waals surface area (Å²) < 4.78 is 49.4. The predicted molar refractivity (Wildman–Crippen MR) is 100 cm³/mol. The maximum atomic E-state index is 13.0. The maximum Gasteiger partial charge on any atom is 0.416 e. The second-order valence-electron chi connectivity index (χ2n) is 5.35. The van der Waals surface area contributed by atoms with Crippen LogP contribution < -0.4 is 10.1 Å². The molecule has 0 fully saturated rings. The van der Waals surface area contributed by atoms with Crippen molar-refractivity contribution in [2.45, 2.75) is 11.1 Å². The van der Waals surface area contributed by atoms with E-state index >= 15 is 0 Å². The number of carbonyl (C=O) groups excluding carboxylic acids is 1. The van der Waals surface area contributed by atoms with Gasteiger partial charge in [-0.3, -0.25) is 4.79 Å². The van der Waals surface area contributed by atoms with Crippen LogP contribution in [-0.2, 0) is 10.9 Å². The molecule has 0 heterocycles. The van der Waals surface area contributed by atoms with Gasteiger partial charge in [0.15, 0.2) is 0 Å². The SMILES string of the molecule is COCCOc1ccc(C(F)(F)F)cc1NC(=O)c1cc(SC)ccc1Cl. The van der Waals surface area contributed by atoms with Crippen LogP contribution in [0.3, 0.4) is 0 Å². The standard InChI is InChI=1S/C18H17ClF3NO3S/c1-25-7-8-26-16-6-3-11(18(20,21)22)9-15(16)23-17(24)13-10-12(27-2)4-5-14(13)19/h3-6,9-10H,7-8H2,1-2H3,(H,23,24). The molecule has 0 bridgehead atoms. The minimum atomic E-state index is -4.55. The lowest BCUT2D eigenvalue weighted by atomic mass is 10.1. The predicted octanol–water partition coefficient (Wildman–Crippen LogP) is 5.36. The summed E-state index contributed by atoms with van der Waals surface area (Å²) >= 11 is 7.47. The molecule has 0 aliphatic heterocycles. The number of rotatable bonds is 7. The van der Waals surface area contributed by atoms with Crippen LogP contribution in [0.2, 0.25) is 5.02 Å². The molecule has 0 aliphatic carbocycles. The molecule has 0 saturated carbocycles. The van der Waals surface area contributed by atoms with E-state index in [9.17, 15) is 18.0 Å². The Kier molecular flexibility index (Phi) is 7.41. The number of alkyl halides is 3. The van der Waals surface area contributed by atoms with Crippen LogP contribution in [0.4, 0.5) is 18.9 Å². The molecule has 1 N–H and O–H groups in total. The van der Waals surface area contributed by atoms with Gasteiger partial charge in [0.1, 0.15) is 12.4 Å². The van der Waals surface area contributed by atoms with Crippen LogP contribution >= 0.6 is 23.4 Å². The van der Waals surface area contributed by atoms with E-state index in [4.69, 9.17) is 21.1 Å². The van der Waals surface area contributed by atoms with E-state index < -0.39 is 17.6 Å². The highest BCUT2D eigenvalue weighted by molar-refractivity contribution is 7.98. The third-order valence-electron chi connectivity index (χ3n) is 3.52. The molecule has 0 saturated heterocycles. The molecule has 0 unspecified atom stereocenters. The minimum absolute atomic E-state index is 0.100. The molecule has 2 aromatic rings. The van der Waals surface area contributed by atoms with Crippen molar-refractivity contribution in [2.75, 3.05) is 31.9 Å². The van der Waals surface area contributed by atoms with Crippen molar-refractivity contribution in [1.29, 1.82) is 0 Å². The molecular formula is C18H17ClF3NO3S. The molecule has 0 radical (unpaired) electrons. The Morgan fingerprint density at radius 2 is 1.93 bits per heavy atom. The van der Waals surface area contributed by atoms with E-state index in [0.717, 1.165) is 23.1 Å². The van der Waals surface area contributed by atoms with Gasteiger partial charge in [-0.25, -0.2) is 0 Å². The van der Waals surface area contributed by atoms with E-state index in [-0.39, 0.29) is 35.2 Å². The lowest BCUT2D eigenvalue weighted by Crippen LogP contribution is -2.16. The second-order valence-corrected chi connectivity index (χ2v) is 6.64. The Balaban J connectivity index is 2.35. The Bertz CT molecular complexity index is 815. The monoisotopic (exact) mass is 419 g/mol. The Morgan fingerprint density at radius 3 is 2.56 bits per heavy atom. The van der Waals surface area contributed by atoms with E-state index in [1.807, 2.05) is 6.26 Å². The fourth-order valence-electron chi connectivity index (χ4n) is 2.16. The van der Waals surface area contributed by atoms with Gasteiger partial charge in [0, 0.05) is 12.0 Å². The molecule has 27 heavy (non-hydrogen) atoms. The van der Waals surface area contributed by atoms with Gasteiger partial charge in [-0.1, -0.05) is 11.6 Å². The van der Waals surface area contributed by atoms with Crippen molar-refractivity contribution in [3.63, 3.8) is 0 Å². The average Bonchev–Trinajstić information content (AvgIpc) is 2.62. The summed E-state index contributed by atoms with van der Waals surface area (Å²) in [5.41, 5.74) is -0.846. The molecular weight excluding hydrogens is 403 g/mol. The lowest BCUT2D eigenvalue weighted by Gasteiger charge is -2.16. The first-order valence-corrected chi connectivity index (χ1v) is 9.34. The Morgan fingerprint density at radius 1 is 1.19 bits per heavy atom. The summed E-state index contributed by atoms with van der Waals surface area (Å²) in [6.45, 7) is 0.365. The number of nitrogens with one attached hydrogen (secondary N) is 1. The van der Waals surface area contributed by atoms with Crippen molar-refractivity contribution < 1.29 is 27.4 Å². The van der Waals surface area contributed by atoms with Crippen molar-refractivity contribution in [3.8, 4) is 5.75 Å². The molecule has 0 aromatic heterocycles. The highest BCUT2D eigenvalue weighted by Crippen LogP contribution is 2.35. The molecule has 1 amide bonds. The normalized spacial score (nSPS) is 11.3. The number of thioether (sulfide) groups is 1. The molecule has 4 nitrogen and oxygen atoms in total. The van der Waals surface area contributed by atoms with Gasteiger partial charge in [0.05, 0.1) is 28.4 Å². The first-order valence-electron chi connectivity index (χ1n) is 7.74. The van der Waals surface area contributed by atoms with Gasteiger partial charge in [-0.05, 0) is 42.7 Å². The fourth-order valence-corrected chi connectivity index (χ4v) is 2.80. The first kappa shape index (κ1) is 21.4. The van der Waals surface area contributed by atoms with E-state index in [1.54, 1.807) is 18.2 Å². The Hall–Kier alpha value is -1.90. The lowest BCUT2D eigenvalue weighted by molar-refractivity contribution is -0.137. The van der Waals surface area contributed by atoms with Crippen LogP contribution in [0, 0.1) is 0 Å². The molecule has 2 rings (SSSR count). The van der Waals surface area contributed by atoms with Gasteiger partial charge >= 0.3 is 6.18 Å². The largest absolute Gasteiger partial charge is 0.489 e. The first-order chi connectivity index (χ1) is 12.8. The van der Waals surface area contributed by atoms with Crippen molar-refractivity contribution in [3.05, 3.63) is 52.5 Å². The summed E-state index contributed by atoms with van der Waals surface area (Å²) in [5.74, 6) is -0.530. The van der Waals surface area contributed by atoms with Crippen LogP contribution in [0.25, 0.3) is 0 Å². The van der Waals surface area contributed by atoms with Crippen molar-refractivity contribution in [1.82, 2.24) is 0 Å². The highest BCUT2D eigenvalue weighted by atomic mass is 35.5. The number of amides is 1. The van der Waals surface area contributed by atoms with Crippen LogP contribution in [0.1, 0.15) is 15.9 Å². The molecule has 9 heteroatoms. The third-order valence-corrected chi connectivity index (χ3v) is 4.57. The summed E-state index contributed by atoms with van der Waals surface area (Å²) in [6.07, 6.45) is -2.72. The van der Waals surface area contributed by atoms with Gasteiger partial charge in [0.2, 0.25) is 0 Å². The number of hydrogen-bond donors (Lipinski definition) is 1. The zero-order valence-electron chi connectivity index (χ0n) is 14.5. The van der Waals surface area contributed by atoms with Gasteiger partial charge in [-0.2, -0.15) is 13.2 Å². The molecule has 0 atom stereocenters. The third kappa shape index (κ3) is 5.79. The number of halogens is 4. The molecule has 2 aromatic carbocycles. The summed E-state index contributed by atoms with van der Waals surface area (Å²) in [7, 11) is 1.47. The molecule has 0 aliphatic rings. The second kappa shape index (κ2) is 9.34. The maximum absolute atomic E-state index is 13.0. The minimum Gasteiger partial charge on any atom is -0.489 e. The zero-order chi connectivity index (χ0) is 20.0. The smallest absolute Gasteiger partial charge is 0.416 e. The molecule has 0 spiro atoms. The van der Waals surface area contributed by atoms with Gasteiger partial charge < -0.3 is 14.8 Å². The van der Waals surface area contributed by atoms with Gasteiger partial charge in [0.25, 0.3) is 5.91 Å². The number of ether oxygens (including phenoxy) is 2. The zero-order valence-corrected chi connectivity index (χ0v) is 16.1. The number of anilines is 1. The number of carbonyl (C=O) groups is 1. The topological polar surface area (TPSA) is 47.6 Å². The Labute approximate surface area is 164 Å². The summed E-state index contributed by atoms with van der Waals surface area (Å²) in [5, 5.41) is 2.65.